The molecule has 0 bridgehead atoms. The third-order valence-corrected chi connectivity index (χ3v) is 3.03. The van der Waals surface area contributed by atoms with E-state index in [-0.39, 0.29) is 18.4 Å². The molecule has 1 atom stereocenters. The van der Waals surface area contributed by atoms with Crippen molar-refractivity contribution >= 4 is 11.8 Å². The Morgan fingerprint density at radius 1 is 1.32 bits per heavy atom. The first-order valence-electron chi connectivity index (χ1n) is 6.20. The largest absolute Gasteiger partial charge is 0.497 e. The van der Waals surface area contributed by atoms with Crippen molar-refractivity contribution in [3.05, 3.63) is 29.8 Å². The van der Waals surface area contributed by atoms with Crippen molar-refractivity contribution in [2.24, 2.45) is 5.73 Å². The standard InChI is InChI=1S/C14H20N2O3/c1-4-16(9-13(15)17)14(18)10(2)11-5-7-12(19-3)8-6-11/h5-8,10H,4,9H2,1-3H3,(H2,15,17)/t10-/m1/s1. The normalized spacial score (nSPS) is 11.7. The van der Waals surface area contributed by atoms with E-state index >= 15 is 0 Å². The number of primary amides is 1. The van der Waals surface area contributed by atoms with Gasteiger partial charge in [-0.15, -0.1) is 0 Å². The second-order valence-corrected chi connectivity index (χ2v) is 4.31. The van der Waals surface area contributed by atoms with Gasteiger partial charge in [0.25, 0.3) is 0 Å². The third-order valence-electron chi connectivity index (χ3n) is 3.03. The van der Waals surface area contributed by atoms with E-state index in [2.05, 4.69) is 0 Å². The first-order valence-corrected chi connectivity index (χ1v) is 6.20. The Kier molecular flexibility index (Phi) is 5.36. The summed E-state index contributed by atoms with van der Waals surface area (Å²) in [5.74, 6) is -0.179. The molecule has 0 aromatic heterocycles. The molecule has 1 aromatic carbocycles. The molecule has 1 rings (SSSR count). The summed E-state index contributed by atoms with van der Waals surface area (Å²) < 4.78 is 5.07. The number of hydrogen-bond donors (Lipinski definition) is 1. The van der Waals surface area contributed by atoms with Crippen LogP contribution in [0.2, 0.25) is 0 Å². The predicted octanol–water partition coefficient (Wildman–Crippen LogP) is 1.13. The predicted molar refractivity (Wildman–Crippen MR) is 72.9 cm³/mol. The van der Waals surface area contributed by atoms with E-state index in [1.54, 1.807) is 7.11 Å². The fourth-order valence-corrected chi connectivity index (χ4v) is 1.84. The molecule has 5 nitrogen and oxygen atoms in total. The average Bonchev–Trinajstić information content (AvgIpc) is 2.43. The minimum atomic E-state index is -0.503. The Labute approximate surface area is 113 Å². The van der Waals surface area contributed by atoms with Crippen molar-refractivity contribution in [3.63, 3.8) is 0 Å². The van der Waals surface area contributed by atoms with E-state index in [0.29, 0.717) is 6.54 Å². The molecule has 5 heteroatoms. The smallest absolute Gasteiger partial charge is 0.237 e. The lowest BCUT2D eigenvalue weighted by Crippen LogP contribution is -2.40. The Bertz CT molecular complexity index is 443. The van der Waals surface area contributed by atoms with E-state index in [4.69, 9.17) is 10.5 Å². The third kappa shape index (κ3) is 3.98. The number of benzene rings is 1. The van der Waals surface area contributed by atoms with E-state index in [1.165, 1.54) is 4.90 Å². The SMILES string of the molecule is CCN(CC(N)=O)C(=O)[C@H](C)c1ccc(OC)cc1. The van der Waals surface area contributed by atoms with Gasteiger partial charge in [-0.1, -0.05) is 12.1 Å². The lowest BCUT2D eigenvalue weighted by Gasteiger charge is -2.23. The Morgan fingerprint density at radius 3 is 2.32 bits per heavy atom. The van der Waals surface area contributed by atoms with Gasteiger partial charge in [0.1, 0.15) is 5.75 Å². The summed E-state index contributed by atoms with van der Waals surface area (Å²) in [4.78, 5) is 24.6. The molecule has 0 unspecified atom stereocenters. The van der Waals surface area contributed by atoms with Gasteiger partial charge in [-0.3, -0.25) is 9.59 Å². The number of rotatable bonds is 6. The number of nitrogens with two attached hydrogens (primary N) is 1. The zero-order chi connectivity index (χ0) is 14.4. The van der Waals surface area contributed by atoms with Crippen molar-refractivity contribution in [1.82, 2.24) is 4.90 Å². The van der Waals surface area contributed by atoms with Gasteiger partial charge in [0.2, 0.25) is 11.8 Å². The number of amides is 2. The number of methoxy groups -OCH3 is 1. The number of nitrogens with zero attached hydrogens (tertiary/aromatic N) is 1. The number of carbonyl (C=O) groups is 2. The Morgan fingerprint density at radius 2 is 1.89 bits per heavy atom. The van der Waals surface area contributed by atoms with Crippen LogP contribution in [0.4, 0.5) is 0 Å². The molecular weight excluding hydrogens is 244 g/mol. The summed E-state index contributed by atoms with van der Waals surface area (Å²) in [5.41, 5.74) is 6.02. The molecule has 0 spiro atoms. The minimum absolute atomic E-state index is 0.0458. The molecule has 0 radical (unpaired) electrons. The second kappa shape index (κ2) is 6.78. The van der Waals surface area contributed by atoms with Crippen molar-refractivity contribution in [3.8, 4) is 5.75 Å². The number of likely N-dealkylation sites (N-methyl/N-ethyl adjacent to an activating group) is 1. The van der Waals surface area contributed by atoms with Crippen LogP contribution in [0.25, 0.3) is 0 Å². The molecule has 0 fully saturated rings. The number of hydrogen-bond acceptors (Lipinski definition) is 3. The summed E-state index contributed by atoms with van der Waals surface area (Å²) in [5, 5.41) is 0. The molecular formula is C14H20N2O3. The highest BCUT2D eigenvalue weighted by Crippen LogP contribution is 2.21. The fraction of sp³-hybridized carbons (Fsp3) is 0.429. The monoisotopic (exact) mass is 264 g/mol. The van der Waals surface area contributed by atoms with Crippen LogP contribution in [0.5, 0.6) is 5.75 Å². The molecule has 19 heavy (non-hydrogen) atoms. The molecule has 0 saturated heterocycles. The molecule has 0 aliphatic heterocycles. The summed E-state index contributed by atoms with van der Waals surface area (Å²) >= 11 is 0. The van der Waals surface area contributed by atoms with Crippen LogP contribution < -0.4 is 10.5 Å². The highest BCUT2D eigenvalue weighted by Gasteiger charge is 2.21. The van der Waals surface area contributed by atoms with Crippen LogP contribution >= 0.6 is 0 Å². The first kappa shape index (κ1) is 15.0. The van der Waals surface area contributed by atoms with E-state index in [0.717, 1.165) is 11.3 Å². The molecule has 2 amide bonds. The van der Waals surface area contributed by atoms with Gasteiger partial charge in [-0.05, 0) is 31.5 Å². The average molecular weight is 264 g/mol. The lowest BCUT2D eigenvalue weighted by molar-refractivity contribution is -0.135. The van der Waals surface area contributed by atoms with Crippen LogP contribution in [0.1, 0.15) is 25.3 Å². The van der Waals surface area contributed by atoms with Crippen molar-refractivity contribution in [2.45, 2.75) is 19.8 Å². The summed E-state index contributed by atoms with van der Waals surface area (Å²) in [7, 11) is 1.59. The van der Waals surface area contributed by atoms with E-state index in [1.807, 2.05) is 38.1 Å². The van der Waals surface area contributed by atoms with E-state index in [9.17, 15) is 9.59 Å². The molecule has 104 valence electrons. The molecule has 0 saturated carbocycles. The topological polar surface area (TPSA) is 72.6 Å². The zero-order valence-corrected chi connectivity index (χ0v) is 11.6. The maximum atomic E-state index is 12.3. The highest BCUT2D eigenvalue weighted by atomic mass is 16.5. The van der Waals surface area contributed by atoms with Crippen LogP contribution in [0.3, 0.4) is 0 Å². The molecule has 1 aromatic rings. The van der Waals surface area contributed by atoms with Gasteiger partial charge in [0.15, 0.2) is 0 Å². The molecule has 0 aliphatic rings. The van der Waals surface area contributed by atoms with Crippen molar-refractivity contribution in [2.75, 3.05) is 20.2 Å². The van der Waals surface area contributed by atoms with Gasteiger partial charge in [-0.25, -0.2) is 0 Å². The molecule has 0 aliphatic carbocycles. The van der Waals surface area contributed by atoms with Gasteiger partial charge in [0, 0.05) is 6.54 Å². The van der Waals surface area contributed by atoms with Crippen LogP contribution in [0, 0.1) is 0 Å². The molecule has 0 heterocycles. The summed E-state index contributed by atoms with van der Waals surface area (Å²) in [6.45, 7) is 4.05. The maximum absolute atomic E-state index is 12.3. The maximum Gasteiger partial charge on any atom is 0.237 e. The second-order valence-electron chi connectivity index (χ2n) is 4.31. The minimum Gasteiger partial charge on any atom is -0.497 e. The van der Waals surface area contributed by atoms with Crippen LogP contribution in [-0.4, -0.2) is 36.9 Å². The van der Waals surface area contributed by atoms with Crippen LogP contribution in [-0.2, 0) is 9.59 Å². The highest BCUT2D eigenvalue weighted by molar-refractivity contribution is 5.87. The summed E-state index contributed by atoms with van der Waals surface area (Å²) in [6.07, 6.45) is 0. The van der Waals surface area contributed by atoms with Gasteiger partial charge in [-0.2, -0.15) is 0 Å². The zero-order valence-electron chi connectivity index (χ0n) is 11.6. The van der Waals surface area contributed by atoms with Crippen LogP contribution in [0.15, 0.2) is 24.3 Å². The number of carbonyl (C=O) groups excluding carboxylic acids is 2. The lowest BCUT2D eigenvalue weighted by atomic mass is 9.99. The van der Waals surface area contributed by atoms with Crippen molar-refractivity contribution in [1.29, 1.82) is 0 Å². The Hall–Kier alpha value is -2.04. The molecule has 2 N–H and O–H groups in total. The number of ether oxygens (including phenoxy) is 1. The fourth-order valence-electron chi connectivity index (χ4n) is 1.84. The van der Waals surface area contributed by atoms with Gasteiger partial charge >= 0.3 is 0 Å². The Balaban J connectivity index is 2.81. The van der Waals surface area contributed by atoms with Gasteiger partial charge < -0.3 is 15.4 Å². The van der Waals surface area contributed by atoms with E-state index < -0.39 is 5.91 Å². The first-order chi connectivity index (χ1) is 8.99. The quantitative estimate of drug-likeness (QED) is 0.837. The summed E-state index contributed by atoms with van der Waals surface area (Å²) in [6, 6.07) is 7.31. The van der Waals surface area contributed by atoms with Crippen molar-refractivity contribution < 1.29 is 14.3 Å². The van der Waals surface area contributed by atoms with Gasteiger partial charge in [0.05, 0.1) is 19.6 Å².